The molecule has 0 heterocycles. The van der Waals surface area contributed by atoms with Crippen LogP contribution in [0.25, 0.3) is 0 Å². The van der Waals surface area contributed by atoms with Gasteiger partial charge in [0.25, 0.3) is 0 Å². The lowest BCUT2D eigenvalue weighted by molar-refractivity contribution is 0.000244. The normalized spacial score (nSPS) is 49.9. The number of halogens is 1. The van der Waals surface area contributed by atoms with E-state index >= 15 is 0 Å². The van der Waals surface area contributed by atoms with Gasteiger partial charge in [0.2, 0.25) is 0 Å². The average Bonchev–Trinajstić information content (AvgIpc) is 2.81. The zero-order valence-corrected chi connectivity index (χ0v) is 12.7. The predicted octanol–water partition coefficient (Wildman–Crippen LogP) is 5.58. The van der Waals surface area contributed by atoms with Crippen LogP contribution in [0.2, 0.25) is 0 Å². The Morgan fingerprint density at radius 2 is 2.00 bits per heavy atom. The summed E-state index contributed by atoms with van der Waals surface area (Å²) in [6.45, 7) is 4.87. The third-order valence-electron chi connectivity index (χ3n) is 7.10. The van der Waals surface area contributed by atoms with Crippen LogP contribution in [0.15, 0.2) is 35.7 Å². The summed E-state index contributed by atoms with van der Waals surface area (Å²) in [5, 5.41) is 0. The number of allylic oxidation sites excluding steroid dienone is 6. The molecule has 108 valence electrons. The highest BCUT2D eigenvalue weighted by atomic mass is 19.1. The van der Waals surface area contributed by atoms with Gasteiger partial charge in [-0.3, -0.25) is 0 Å². The average molecular weight is 272 g/mol. The fourth-order valence-electron chi connectivity index (χ4n) is 5.93. The Balaban J connectivity index is 1.74. The van der Waals surface area contributed by atoms with E-state index in [1.165, 1.54) is 44.1 Å². The molecule has 0 N–H and O–H groups in total. The molecule has 0 saturated heterocycles. The molecule has 2 saturated carbocycles. The van der Waals surface area contributed by atoms with Crippen molar-refractivity contribution in [2.24, 2.45) is 28.6 Å². The molecule has 4 aliphatic rings. The summed E-state index contributed by atoms with van der Waals surface area (Å²) >= 11 is 0. The van der Waals surface area contributed by atoms with E-state index in [2.05, 4.69) is 26.0 Å². The summed E-state index contributed by atoms with van der Waals surface area (Å²) in [6.07, 6.45) is 16.1. The van der Waals surface area contributed by atoms with Gasteiger partial charge >= 0.3 is 0 Å². The van der Waals surface area contributed by atoms with E-state index in [4.69, 9.17) is 0 Å². The minimum absolute atomic E-state index is 0.0753. The summed E-state index contributed by atoms with van der Waals surface area (Å²) in [4.78, 5) is 0. The fraction of sp³-hybridized carbons (Fsp3) is 0.684. The van der Waals surface area contributed by atoms with Gasteiger partial charge in [0, 0.05) is 5.41 Å². The van der Waals surface area contributed by atoms with Gasteiger partial charge in [0.05, 0.1) is 0 Å². The van der Waals surface area contributed by atoms with Crippen molar-refractivity contribution in [2.45, 2.75) is 52.4 Å². The zero-order valence-electron chi connectivity index (χ0n) is 12.7. The van der Waals surface area contributed by atoms with E-state index < -0.39 is 0 Å². The maximum atomic E-state index is 13.6. The van der Waals surface area contributed by atoms with Crippen molar-refractivity contribution in [3.63, 3.8) is 0 Å². The Morgan fingerprint density at radius 1 is 1.15 bits per heavy atom. The summed E-state index contributed by atoms with van der Waals surface area (Å²) in [5.74, 6) is 2.37. The minimum atomic E-state index is -0.0753. The maximum Gasteiger partial charge on any atom is 0.123 e. The third-order valence-corrected chi connectivity index (χ3v) is 7.10. The molecule has 0 unspecified atom stereocenters. The zero-order chi connectivity index (χ0) is 14.0. The van der Waals surface area contributed by atoms with Gasteiger partial charge in [0.15, 0.2) is 0 Å². The molecular formula is C19H25F. The summed E-state index contributed by atoms with van der Waals surface area (Å²) < 4.78 is 13.6. The van der Waals surface area contributed by atoms with Crippen LogP contribution in [0, 0.1) is 28.6 Å². The molecule has 0 radical (unpaired) electrons. The molecule has 0 aromatic rings. The molecule has 0 bridgehead atoms. The molecule has 0 nitrogen and oxygen atoms in total. The topological polar surface area (TPSA) is 0 Å². The summed E-state index contributed by atoms with van der Waals surface area (Å²) in [5.41, 5.74) is 1.92. The van der Waals surface area contributed by atoms with Crippen molar-refractivity contribution in [1.82, 2.24) is 0 Å². The summed E-state index contributed by atoms with van der Waals surface area (Å²) in [7, 11) is 0. The number of hydrogen-bond acceptors (Lipinski definition) is 0. The van der Waals surface area contributed by atoms with Gasteiger partial charge in [-0.1, -0.05) is 32.4 Å². The van der Waals surface area contributed by atoms with Crippen molar-refractivity contribution in [3.05, 3.63) is 35.7 Å². The van der Waals surface area contributed by atoms with E-state index in [1.54, 1.807) is 12.2 Å². The third kappa shape index (κ3) is 1.58. The monoisotopic (exact) mass is 272 g/mol. The van der Waals surface area contributed by atoms with Crippen molar-refractivity contribution in [1.29, 1.82) is 0 Å². The molecule has 0 spiro atoms. The second-order valence-corrected chi connectivity index (χ2v) is 8.00. The SMILES string of the molecule is C[C@@]12CCC[C@H]1[C@@H]1CC=C3C=C(F)C=C[C@]3(C)[C@H]1CC2. The van der Waals surface area contributed by atoms with Crippen molar-refractivity contribution in [2.75, 3.05) is 0 Å². The quantitative estimate of drug-likeness (QED) is 0.540. The second-order valence-electron chi connectivity index (χ2n) is 8.00. The van der Waals surface area contributed by atoms with Gasteiger partial charge in [-0.25, -0.2) is 4.39 Å². The van der Waals surface area contributed by atoms with Crippen molar-refractivity contribution in [3.8, 4) is 0 Å². The van der Waals surface area contributed by atoms with Crippen LogP contribution in [-0.2, 0) is 0 Å². The first-order valence-electron chi connectivity index (χ1n) is 8.30. The maximum absolute atomic E-state index is 13.6. The van der Waals surface area contributed by atoms with Crippen LogP contribution in [0.3, 0.4) is 0 Å². The highest BCUT2D eigenvalue weighted by Gasteiger charge is 2.54. The van der Waals surface area contributed by atoms with E-state index in [0.29, 0.717) is 5.41 Å². The Morgan fingerprint density at radius 3 is 2.85 bits per heavy atom. The van der Waals surface area contributed by atoms with Gasteiger partial charge < -0.3 is 0 Å². The molecule has 0 aliphatic heterocycles. The first-order chi connectivity index (χ1) is 9.53. The minimum Gasteiger partial charge on any atom is -0.207 e. The molecule has 20 heavy (non-hydrogen) atoms. The van der Waals surface area contributed by atoms with Gasteiger partial charge in [-0.2, -0.15) is 0 Å². The lowest BCUT2D eigenvalue weighted by Crippen LogP contribution is -2.46. The number of rotatable bonds is 0. The van der Waals surface area contributed by atoms with Crippen LogP contribution in [0.5, 0.6) is 0 Å². The molecule has 0 aromatic heterocycles. The van der Waals surface area contributed by atoms with Gasteiger partial charge in [0.1, 0.15) is 5.83 Å². The molecule has 4 aliphatic carbocycles. The molecule has 0 aromatic carbocycles. The van der Waals surface area contributed by atoms with Crippen LogP contribution in [-0.4, -0.2) is 0 Å². The fourth-order valence-corrected chi connectivity index (χ4v) is 5.93. The largest absolute Gasteiger partial charge is 0.207 e. The van der Waals surface area contributed by atoms with Crippen LogP contribution in [0.4, 0.5) is 4.39 Å². The van der Waals surface area contributed by atoms with E-state index in [1.807, 2.05) is 0 Å². The van der Waals surface area contributed by atoms with Gasteiger partial charge in [-0.15, -0.1) is 0 Å². The first-order valence-corrected chi connectivity index (χ1v) is 8.30. The lowest BCUT2D eigenvalue weighted by atomic mass is 9.50. The Bertz CT molecular complexity index is 526. The molecule has 2 fully saturated rings. The van der Waals surface area contributed by atoms with E-state index in [-0.39, 0.29) is 11.2 Å². The van der Waals surface area contributed by atoms with Crippen LogP contribution >= 0.6 is 0 Å². The molecule has 5 atom stereocenters. The van der Waals surface area contributed by atoms with Crippen LogP contribution < -0.4 is 0 Å². The smallest absolute Gasteiger partial charge is 0.123 e. The first kappa shape index (κ1) is 12.9. The Kier molecular flexibility index (Phi) is 2.63. The Hall–Kier alpha value is -0.850. The van der Waals surface area contributed by atoms with Gasteiger partial charge in [-0.05, 0) is 73.0 Å². The molecule has 1 heteroatoms. The lowest BCUT2D eigenvalue weighted by Gasteiger charge is -2.54. The van der Waals surface area contributed by atoms with Crippen molar-refractivity contribution >= 4 is 0 Å². The second kappa shape index (κ2) is 4.08. The molecular weight excluding hydrogens is 247 g/mol. The summed E-state index contributed by atoms with van der Waals surface area (Å²) in [6, 6.07) is 0. The highest BCUT2D eigenvalue weighted by Crippen LogP contribution is 2.63. The Labute approximate surface area is 121 Å². The highest BCUT2D eigenvalue weighted by molar-refractivity contribution is 5.43. The van der Waals surface area contributed by atoms with Crippen LogP contribution in [0.1, 0.15) is 52.4 Å². The predicted molar refractivity (Wildman–Crippen MR) is 80.8 cm³/mol. The molecule has 4 rings (SSSR count). The number of fused-ring (bicyclic) bond motifs is 5. The van der Waals surface area contributed by atoms with E-state index in [0.717, 1.165) is 17.8 Å². The number of hydrogen-bond donors (Lipinski definition) is 0. The van der Waals surface area contributed by atoms with Crippen molar-refractivity contribution < 1.29 is 4.39 Å². The standard InChI is InChI=1S/C19H25F/c1-18-9-3-4-16(18)15-6-5-13-12-14(20)7-11-19(13,2)17(15)8-10-18/h5,7,11-12,15-17H,3-4,6,8-10H2,1-2H3/t15-,16-,17-,18-,19-/m0/s1. The molecule has 0 amide bonds. The van der Waals surface area contributed by atoms with E-state index in [9.17, 15) is 4.39 Å².